The second-order valence-electron chi connectivity index (χ2n) is 8.00. The first kappa shape index (κ1) is 21.5. The van der Waals surface area contributed by atoms with Crippen molar-refractivity contribution < 1.29 is 18.4 Å². The van der Waals surface area contributed by atoms with E-state index in [0.717, 1.165) is 28.6 Å². The molecule has 0 spiro atoms. The summed E-state index contributed by atoms with van der Waals surface area (Å²) in [4.78, 5) is 28.6. The van der Waals surface area contributed by atoms with Crippen LogP contribution in [0, 0.1) is 0 Å². The number of hydrogen-bond acceptors (Lipinski definition) is 5. The molecule has 7 heteroatoms. The monoisotopic (exact) mass is 507 g/mol. The van der Waals surface area contributed by atoms with Crippen LogP contribution in [0.3, 0.4) is 0 Å². The fourth-order valence-electron chi connectivity index (χ4n) is 4.15. The quantitative estimate of drug-likeness (QED) is 0.283. The van der Waals surface area contributed by atoms with E-state index < -0.39 is 6.04 Å². The lowest BCUT2D eigenvalue weighted by molar-refractivity contribution is 0.0701. The van der Waals surface area contributed by atoms with Crippen LogP contribution >= 0.6 is 15.9 Å². The first-order valence-electron chi connectivity index (χ1n) is 10.9. The molecule has 5 rings (SSSR count). The number of amides is 1. The molecular formula is C26H22BrNO5. The highest BCUT2D eigenvalue weighted by Gasteiger charge is 2.43. The Balaban J connectivity index is 1.61. The second-order valence-corrected chi connectivity index (χ2v) is 8.92. The van der Waals surface area contributed by atoms with Gasteiger partial charge in [0.15, 0.2) is 5.43 Å². The zero-order chi connectivity index (χ0) is 22.9. The van der Waals surface area contributed by atoms with Crippen LogP contribution in [-0.4, -0.2) is 17.4 Å². The molecule has 0 saturated carbocycles. The normalized spacial score (nSPS) is 15.3. The van der Waals surface area contributed by atoms with Gasteiger partial charge in [-0.3, -0.25) is 9.59 Å². The summed E-state index contributed by atoms with van der Waals surface area (Å²) in [7, 11) is 0. The molecule has 2 aromatic heterocycles. The minimum atomic E-state index is -0.595. The standard InChI is InChI=1S/C26H22BrNO5/c1-2-3-12-31-18-9-6-16(7-10-18)23-22-24(29)20-14-17(27)8-11-21(20)33-25(22)26(30)28(23)15-19-5-4-13-32-19/h4-11,13-14,23H,2-3,12,15H2,1H3. The van der Waals surface area contributed by atoms with Gasteiger partial charge in [-0.05, 0) is 54.4 Å². The first-order valence-corrected chi connectivity index (χ1v) is 11.7. The molecule has 0 radical (unpaired) electrons. The van der Waals surface area contributed by atoms with E-state index in [9.17, 15) is 9.59 Å². The average Bonchev–Trinajstić information content (AvgIpc) is 3.43. The van der Waals surface area contributed by atoms with Gasteiger partial charge in [0.05, 0.1) is 36.4 Å². The van der Waals surface area contributed by atoms with Crippen LogP contribution in [0.2, 0.25) is 0 Å². The fourth-order valence-corrected chi connectivity index (χ4v) is 4.51. The molecule has 6 nitrogen and oxygen atoms in total. The van der Waals surface area contributed by atoms with Gasteiger partial charge < -0.3 is 18.5 Å². The summed E-state index contributed by atoms with van der Waals surface area (Å²) in [5.41, 5.74) is 1.32. The molecule has 4 aromatic rings. The summed E-state index contributed by atoms with van der Waals surface area (Å²) in [5.74, 6) is 1.12. The van der Waals surface area contributed by atoms with Crippen molar-refractivity contribution in [2.45, 2.75) is 32.4 Å². The summed E-state index contributed by atoms with van der Waals surface area (Å²) in [6.45, 7) is 2.98. The third-order valence-electron chi connectivity index (χ3n) is 5.80. The predicted octanol–water partition coefficient (Wildman–Crippen LogP) is 6.07. The molecule has 1 aliphatic rings. The van der Waals surface area contributed by atoms with Crippen LogP contribution in [0.15, 0.2) is 79.0 Å². The van der Waals surface area contributed by atoms with Crippen molar-refractivity contribution in [1.82, 2.24) is 4.90 Å². The van der Waals surface area contributed by atoms with Gasteiger partial charge in [0.25, 0.3) is 5.91 Å². The highest BCUT2D eigenvalue weighted by atomic mass is 79.9. The zero-order valence-corrected chi connectivity index (χ0v) is 19.6. The summed E-state index contributed by atoms with van der Waals surface area (Å²) in [6, 6.07) is 15.7. The Kier molecular flexibility index (Phi) is 5.81. The van der Waals surface area contributed by atoms with E-state index in [-0.39, 0.29) is 23.6 Å². The maximum Gasteiger partial charge on any atom is 0.291 e. The lowest BCUT2D eigenvalue weighted by Crippen LogP contribution is -2.29. The molecule has 3 heterocycles. The number of halogens is 1. The number of hydrogen-bond donors (Lipinski definition) is 0. The third kappa shape index (κ3) is 3.97. The van der Waals surface area contributed by atoms with E-state index in [1.807, 2.05) is 24.3 Å². The van der Waals surface area contributed by atoms with Gasteiger partial charge in [0, 0.05) is 4.47 Å². The molecule has 168 valence electrons. The van der Waals surface area contributed by atoms with E-state index >= 15 is 0 Å². The van der Waals surface area contributed by atoms with Gasteiger partial charge in [-0.2, -0.15) is 0 Å². The summed E-state index contributed by atoms with van der Waals surface area (Å²) in [6.07, 6.45) is 3.60. The van der Waals surface area contributed by atoms with Crippen molar-refractivity contribution in [2.24, 2.45) is 0 Å². The number of benzene rings is 2. The lowest BCUT2D eigenvalue weighted by Gasteiger charge is -2.24. The Morgan fingerprint density at radius 1 is 1.09 bits per heavy atom. The number of carbonyl (C=O) groups is 1. The van der Waals surface area contributed by atoms with Gasteiger partial charge in [-0.15, -0.1) is 0 Å². The molecule has 1 atom stereocenters. The van der Waals surface area contributed by atoms with Crippen molar-refractivity contribution >= 4 is 32.8 Å². The Morgan fingerprint density at radius 2 is 1.91 bits per heavy atom. The van der Waals surface area contributed by atoms with Crippen molar-refractivity contribution in [3.63, 3.8) is 0 Å². The number of carbonyl (C=O) groups excluding carboxylic acids is 1. The number of furan rings is 1. The SMILES string of the molecule is CCCCOc1ccc(C2c3c(oc4ccc(Br)cc4c3=O)C(=O)N2Cc2ccco2)cc1. The van der Waals surface area contributed by atoms with Gasteiger partial charge in [-0.1, -0.05) is 41.4 Å². The molecule has 33 heavy (non-hydrogen) atoms. The van der Waals surface area contributed by atoms with E-state index in [1.54, 1.807) is 41.5 Å². The van der Waals surface area contributed by atoms with Gasteiger partial charge >= 0.3 is 0 Å². The van der Waals surface area contributed by atoms with E-state index in [4.69, 9.17) is 13.6 Å². The predicted molar refractivity (Wildman–Crippen MR) is 127 cm³/mol. The number of rotatable bonds is 7. The van der Waals surface area contributed by atoms with Crippen LogP contribution in [0.5, 0.6) is 5.75 Å². The topological polar surface area (TPSA) is 72.9 Å². The van der Waals surface area contributed by atoms with E-state index in [1.165, 1.54) is 0 Å². The number of unbranched alkanes of at least 4 members (excludes halogenated alkanes) is 1. The average molecular weight is 508 g/mol. The van der Waals surface area contributed by atoms with Gasteiger partial charge in [-0.25, -0.2) is 0 Å². The van der Waals surface area contributed by atoms with Crippen molar-refractivity contribution in [1.29, 1.82) is 0 Å². The van der Waals surface area contributed by atoms with Crippen LogP contribution in [0.1, 0.15) is 53.2 Å². The molecule has 1 unspecified atom stereocenters. The first-order chi connectivity index (χ1) is 16.1. The molecule has 1 aliphatic heterocycles. The largest absolute Gasteiger partial charge is 0.494 e. The smallest absolute Gasteiger partial charge is 0.291 e. The van der Waals surface area contributed by atoms with Crippen molar-refractivity contribution in [3.8, 4) is 5.75 Å². The summed E-state index contributed by atoms with van der Waals surface area (Å²) in [5, 5.41) is 0.431. The van der Waals surface area contributed by atoms with Crippen molar-refractivity contribution in [2.75, 3.05) is 6.61 Å². The molecule has 0 N–H and O–H groups in total. The molecule has 0 aliphatic carbocycles. The minimum Gasteiger partial charge on any atom is -0.494 e. The maximum absolute atomic E-state index is 13.6. The summed E-state index contributed by atoms with van der Waals surface area (Å²) < 4.78 is 18.0. The molecular weight excluding hydrogens is 486 g/mol. The van der Waals surface area contributed by atoms with Crippen LogP contribution < -0.4 is 10.2 Å². The van der Waals surface area contributed by atoms with E-state index in [2.05, 4.69) is 22.9 Å². The Morgan fingerprint density at radius 3 is 2.64 bits per heavy atom. The van der Waals surface area contributed by atoms with Crippen LogP contribution in [0.25, 0.3) is 11.0 Å². The van der Waals surface area contributed by atoms with Crippen LogP contribution in [0.4, 0.5) is 0 Å². The summed E-state index contributed by atoms with van der Waals surface area (Å²) >= 11 is 3.42. The zero-order valence-electron chi connectivity index (χ0n) is 18.0. The van der Waals surface area contributed by atoms with Gasteiger partial charge in [0.2, 0.25) is 5.76 Å². The lowest BCUT2D eigenvalue weighted by atomic mass is 9.98. The fraction of sp³-hybridized carbons (Fsp3) is 0.231. The van der Waals surface area contributed by atoms with Gasteiger partial charge in [0.1, 0.15) is 17.1 Å². The second kappa shape index (κ2) is 8.90. The molecule has 2 aromatic carbocycles. The van der Waals surface area contributed by atoms with Crippen LogP contribution in [-0.2, 0) is 6.54 Å². The Hall–Kier alpha value is -3.32. The third-order valence-corrected chi connectivity index (χ3v) is 6.29. The van der Waals surface area contributed by atoms with Crippen molar-refractivity contribution in [3.05, 3.63) is 98.2 Å². The van der Waals surface area contributed by atoms with E-state index in [0.29, 0.717) is 28.9 Å². The molecule has 0 saturated heterocycles. The minimum absolute atomic E-state index is 0.0784. The number of ether oxygens (including phenoxy) is 1. The molecule has 0 bridgehead atoms. The highest BCUT2D eigenvalue weighted by molar-refractivity contribution is 9.10. The molecule has 0 fully saturated rings. The highest BCUT2D eigenvalue weighted by Crippen LogP contribution is 2.39. The number of fused-ring (bicyclic) bond motifs is 2. The maximum atomic E-state index is 13.6. The Bertz CT molecular complexity index is 1360. The molecule has 1 amide bonds. The number of nitrogens with zero attached hydrogens (tertiary/aromatic N) is 1. The Labute approximate surface area is 198 Å².